The molecule has 21 heteroatoms. The zero-order valence-corrected chi connectivity index (χ0v) is 40.1. The van der Waals surface area contributed by atoms with E-state index in [0.717, 1.165) is 44.9 Å². The summed E-state index contributed by atoms with van der Waals surface area (Å²) in [6, 6.07) is -1.85. The lowest BCUT2D eigenvalue weighted by Crippen LogP contribution is -2.50. The highest BCUT2D eigenvalue weighted by atomic mass is 16.7. The lowest BCUT2D eigenvalue weighted by Gasteiger charge is -2.21. The van der Waals surface area contributed by atoms with Gasteiger partial charge in [-0.05, 0) is 104 Å². The highest BCUT2D eigenvalue weighted by Crippen LogP contribution is 2.37. The maximum atomic E-state index is 12.3. The summed E-state index contributed by atoms with van der Waals surface area (Å²) in [6.45, 7) is 8.93. The number of hydrogen-bond acceptors (Lipinski definition) is 15. The van der Waals surface area contributed by atoms with E-state index in [2.05, 4.69) is 38.8 Å². The maximum absolute atomic E-state index is 12.3. The van der Waals surface area contributed by atoms with Crippen molar-refractivity contribution in [1.29, 1.82) is 0 Å². The van der Waals surface area contributed by atoms with E-state index in [9.17, 15) is 52.7 Å². The van der Waals surface area contributed by atoms with Crippen molar-refractivity contribution in [3.8, 4) is 0 Å². The average Bonchev–Trinajstić information content (AvgIpc) is 4.20. The Hall–Kier alpha value is -5.15. The van der Waals surface area contributed by atoms with Crippen LogP contribution in [0.15, 0.2) is 0 Å². The molecular formula is C46H77N9O12. The van der Waals surface area contributed by atoms with Crippen LogP contribution in [0.4, 0.5) is 0 Å². The number of rotatable bonds is 36. The molecule has 0 aromatic carbocycles. The van der Waals surface area contributed by atoms with Crippen LogP contribution in [0.5, 0.6) is 0 Å². The second-order valence-electron chi connectivity index (χ2n) is 17.9. The predicted octanol–water partition coefficient (Wildman–Crippen LogP) is 0.868. The number of primary amides is 2. The van der Waals surface area contributed by atoms with Crippen LogP contribution in [0.2, 0.25) is 0 Å². The molecule has 3 atom stereocenters. The number of hydrogen-bond donors (Lipinski definition) is 8. The number of carbonyl (C=O) groups excluding carboxylic acids is 11. The first kappa shape index (κ1) is 58.0. The summed E-state index contributed by atoms with van der Waals surface area (Å²) in [7, 11) is 0. The SMILES string of the molecule is CC(=O)C1(NC(CCCCNCCC(=O)CCCC(=O)N[C@@H](C)C(=O)NCCCC[C@H](NC2(C(C)=O)CC2)C(N)=O)C(N)=O)CC1.CCCCCNC(=O)CCCC(=O)ON1C(=O)CCC1=O. The number of nitrogens with one attached hydrogen (secondary N) is 6. The van der Waals surface area contributed by atoms with Crippen molar-refractivity contribution in [1.82, 2.24) is 37.0 Å². The Morgan fingerprint density at radius 1 is 0.612 bits per heavy atom. The third kappa shape index (κ3) is 22.9. The fourth-order valence-electron chi connectivity index (χ4n) is 7.31. The molecular weight excluding hydrogens is 871 g/mol. The zero-order valence-electron chi connectivity index (χ0n) is 40.1. The topological polar surface area (TPSA) is 324 Å². The maximum Gasteiger partial charge on any atom is 0.333 e. The van der Waals surface area contributed by atoms with Crippen LogP contribution >= 0.6 is 0 Å². The van der Waals surface area contributed by atoms with Crippen molar-refractivity contribution in [3.63, 3.8) is 0 Å². The van der Waals surface area contributed by atoms with Crippen LogP contribution in [0.25, 0.3) is 0 Å². The molecule has 378 valence electrons. The Morgan fingerprint density at radius 3 is 1.61 bits per heavy atom. The van der Waals surface area contributed by atoms with Crippen molar-refractivity contribution in [2.24, 2.45) is 11.5 Å². The van der Waals surface area contributed by atoms with Crippen molar-refractivity contribution in [2.75, 3.05) is 26.2 Å². The first-order chi connectivity index (χ1) is 31.8. The molecule has 1 aliphatic heterocycles. The summed E-state index contributed by atoms with van der Waals surface area (Å²) < 4.78 is 0. The Bertz CT molecular complexity index is 1720. The van der Waals surface area contributed by atoms with Gasteiger partial charge in [-0.3, -0.25) is 58.6 Å². The fraction of sp³-hybridized carbons (Fsp3) is 0.761. The number of nitrogens with zero attached hydrogens (tertiary/aromatic N) is 1. The lowest BCUT2D eigenvalue weighted by molar-refractivity contribution is -0.197. The van der Waals surface area contributed by atoms with Crippen LogP contribution in [-0.4, -0.2) is 125 Å². The molecule has 1 unspecified atom stereocenters. The number of Topliss-reactive ketones (excluding diaryl/α,β-unsaturated/α-hetero) is 3. The van der Waals surface area contributed by atoms with Gasteiger partial charge in [-0.1, -0.05) is 26.2 Å². The standard InChI is InChI=1S/C32H55N7O7.C14H22N2O5/c1-21(30(46)36-19-7-5-11-26(29(34)45)39-32(16-17-32)23(3)41)37-27(43)12-8-9-24(42)13-20-35-18-6-4-10-25(28(33)44)38-31(14-15-31)22(2)40;1-2-3-4-10-15-11(17)6-5-7-14(20)21-16-12(18)8-9-13(16)19/h21,25-26,35,38-39H,4-20H2,1-3H3,(H2,33,44)(H2,34,45)(H,36,46)(H,37,43);2-10H2,1H3,(H,15,17)/t21-,25?,26-;/m0./s1. The summed E-state index contributed by atoms with van der Waals surface area (Å²) in [5, 5.41) is 18.2. The number of hydroxylamine groups is 2. The van der Waals surface area contributed by atoms with Crippen molar-refractivity contribution in [3.05, 3.63) is 0 Å². The average molecular weight is 948 g/mol. The van der Waals surface area contributed by atoms with E-state index in [1.165, 1.54) is 13.8 Å². The molecule has 3 rings (SSSR count). The highest BCUT2D eigenvalue weighted by Gasteiger charge is 2.49. The van der Waals surface area contributed by atoms with E-state index in [1.807, 2.05) is 0 Å². The summed E-state index contributed by atoms with van der Waals surface area (Å²) in [6.07, 6.45) is 11.6. The number of unbranched alkanes of at least 4 members (excludes halogenated alkanes) is 4. The fourth-order valence-corrected chi connectivity index (χ4v) is 7.31. The van der Waals surface area contributed by atoms with E-state index < -0.39 is 58.8 Å². The molecule has 0 bridgehead atoms. The van der Waals surface area contributed by atoms with Gasteiger partial charge in [0.05, 0.1) is 23.2 Å². The molecule has 2 saturated carbocycles. The van der Waals surface area contributed by atoms with E-state index in [1.54, 1.807) is 6.92 Å². The first-order valence-corrected chi connectivity index (χ1v) is 24.0. The van der Waals surface area contributed by atoms with Crippen LogP contribution in [0.1, 0.15) is 169 Å². The Balaban J connectivity index is 0.000000611. The van der Waals surface area contributed by atoms with E-state index >= 15 is 0 Å². The van der Waals surface area contributed by atoms with Gasteiger partial charge in [-0.2, -0.15) is 0 Å². The number of carbonyl (C=O) groups is 11. The number of nitrogens with two attached hydrogens (primary N) is 2. The molecule has 0 aromatic rings. The quantitative estimate of drug-likeness (QED) is 0.0319. The minimum Gasteiger partial charge on any atom is -0.368 e. The van der Waals surface area contributed by atoms with Gasteiger partial charge in [0.15, 0.2) is 0 Å². The smallest absolute Gasteiger partial charge is 0.333 e. The summed E-state index contributed by atoms with van der Waals surface area (Å²) in [5.74, 6) is -3.26. The number of amides is 7. The van der Waals surface area contributed by atoms with Crippen LogP contribution in [0.3, 0.4) is 0 Å². The minimum atomic E-state index is -0.726. The van der Waals surface area contributed by atoms with E-state index in [0.29, 0.717) is 89.0 Å². The van der Waals surface area contributed by atoms with Gasteiger partial charge >= 0.3 is 5.97 Å². The molecule has 7 amide bonds. The van der Waals surface area contributed by atoms with E-state index in [-0.39, 0.29) is 73.6 Å². The molecule has 1 heterocycles. The Kier molecular flexibility index (Phi) is 26.2. The Labute approximate surface area is 394 Å². The Morgan fingerprint density at radius 2 is 1.10 bits per heavy atom. The molecule has 2 aliphatic carbocycles. The summed E-state index contributed by atoms with van der Waals surface area (Å²) >= 11 is 0. The third-order valence-corrected chi connectivity index (χ3v) is 12.0. The van der Waals surface area contributed by atoms with Gasteiger partial charge in [-0.15, -0.1) is 5.06 Å². The van der Waals surface area contributed by atoms with Crippen LogP contribution in [0, 0.1) is 0 Å². The van der Waals surface area contributed by atoms with Crippen LogP contribution in [-0.2, 0) is 57.6 Å². The van der Waals surface area contributed by atoms with Crippen molar-refractivity contribution in [2.45, 2.75) is 198 Å². The third-order valence-electron chi connectivity index (χ3n) is 12.0. The second kappa shape index (κ2) is 30.3. The van der Waals surface area contributed by atoms with Crippen molar-refractivity contribution < 1.29 is 57.6 Å². The first-order valence-electron chi connectivity index (χ1n) is 24.0. The molecule has 0 radical (unpaired) electrons. The van der Waals surface area contributed by atoms with Gasteiger partial charge in [0.2, 0.25) is 29.5 Å². The molecule has 0 spiro atoms. The lowest BCUT2D eigenvalue weighted by atomic mass is 10.1. The van der Waals surface area contributed by atoms with E-state index in [4.69, 9.17) is 16.3 Å². The normalized spacial score (nSPS) is 16.6. The predicted molar refractivity (Wildman–Crippen MR) is 246 cm³/mol. The number of imide groups is 1. The van der Waals surface area contributed by atoms with Crippen LogP contribution < -0.4 is 43.4 Å². The summed E-state index contributed by atoms with van der Waals surface area (Å²) in [5.41, 5.74) is 9.78. The molecule has 3 aliphatic rings. The van der Waals surface area contributed by atoms with Gasteiger partial charge in [0.1, 0.15) is 23.4 Å². The zero-order chi connectivity index (χ0) is 50.0. The van der Waals surface area contributed by atoms with Crippen molar-refractivity contribution >= 4 is 64.7 Å². The summed E-state index contributed by atoms with van der Waals surface area (Å²) in [4.78, 5) is 134. The van der Waals surface area contributed by atoms with Gasteiger partial charge in [-0.25, -0.2) is 4.79 Å². The van der Waals surface area contributed by atoms with Gasteiger partial charge in [0, 0.05) is 64.6 Å². The monoisotopic (exact) mass is 948 g/mol. The highest BCUT2D eigenvalue weighted by molar-refractivity contribution is 6.01. The molecule has 10 N–H and O–H groups in total. The van der Waals surface area contributed by atoms with Gasteiger partial charge in [0.25, 0.3) is 11.8 Å². The molecule has 0 aromatic heterocycles. The minimum absolute atomic E-state index is 0.000556. The molecule has 67 heavy (non-hydrogen) atoms. The molecule has 3 fully saturated rings. The second-order valence-corrected chi connectivity index (χ2v) is 17.9. The largest absolute Gasteiger partial charge is 0.368 e. The molecule has 21 nitrogen and oxygen atoms in total. The molecule has 1 saturated heterocycles. The van der Waals surface area contributed by atoms with Gasteiger partial charge < -0.3 is 37.6 Å². The number of ketones is 3.